The van der Waals surface area contributed by atoms with Crippen LogP contribution in [0.4, 0.5) is 4.39 Å². The molecule has 1 aliphatic rings. The van der Waals surface area contributed by atoms with Crippen molar-refractivity contribution >= 4 is 28.5 Å². The van der Waals surface area contributed by atoms with Gasteiger partial charge in [0.15, 0.2) is 5.82 Å². The fourth-order valence-electron chi connectivity index (χ4n) is 5.74. The maximum Gasteiger partial charge on any atom is 0.354 e. The van der Waals surface area contributed by atoms with Crippen molar-refractivity contribution in [3.63, 3.8) is 0 Å². The quantitative estimate of drug-likeness (QED) is 0.111. The summed E-state index contributed by atoms with van der Waals surface area (Å²) in [5.74, 6) is -0.175. The minimum Gasteiger partial charge on any atom is -0.371 e. The molecule has 0 bridgehead atoms. The molecule has 2 aromatic carbocycles. The molecule has 0 saturated carbocycles. The van der Waals surface area contributed by atoms with E-state index in [1.807, 2.05) is 31.2 Å². The van der Waals surface area contributed by atoms with Gasteiger partial charge in [-0.25, -0.2) is 9.18 Å². The summed E-state index contributed by atoms with van der Waals surface area (Å²) in [6.07, 6.45) is 8.49. The second kappa shape index (κ2) is 13.8. The van der Waals surface area contributed by atoms with E-state index in [-0.39, 0.29) is 29.7 Å². The Morgan fingerprint density at radius 3 is 2.74 bits per heavy atom. The van der Waals surface area contributed by atoms with Crippen LogP contribution in [-0.2, 0) is 6.42 Å². The number of amidine groups is 1. The second-order valence-corrected chi connectivity index (χ2v) is 12.0. The van der Waals surface area contributed by atoms with E-state index in [4.69, 9.17) is 28.5 Å². The molecule has 4 aromatic rings. The largest absolute Gasteiger partial charge is 0.371 e. The Kier molecular flexibility index (Phi) is 9.92. The first-order valence-electron chi connectivity index (χ1n) is 15.0. The van der Waals surface area contributed by atoms with E-state index < -0.39 is 11.5 Å². The number of H-pyrrole nitrogens is 1. The van der Waals surface area contributed by atoms with Crippen molar-refractivity contribution in [1.29, 1.82) is 5.41 Å². The van der Waals surface area contributed by atoms with Gasteiger partial charge in [0.05, 0.1) is 22.9 Å². The minimum absolute atomic E-state index is 0.0559. The normalized spacial score (nSPS) is 18.0. The molecule has 5 rings (SSSR count). The first-order valence-corrected chi connectivity index (χ1v) is 15.3. The Morgan fingerprint density at radius 2 is 2.00 bits per heavy atom. The molecule has 2 aromatic heterocycles. The van der Waals surface area contributed by atoms with E-state index in [1.54, 1.807) is 24.4 Å². The van der Waals surface area contributed by atoms with Crippen molar-refractivity contribution in [2.45, 2.75) is 70.0 Å². The average Bonchev–Trinajstić information content (AvgIpc) is 3.24. The van der Waals surface area contributed by atoms with Gasteiger partial charge in [-0.3, -0.25) is 9.98 Å². The summed E-state index contributed by atoms with van der Waals surface area (Å²) >= 11 is 6.26. The first kappa shape index (κ1) is 30.9. The molecule has 0 unspecified atom stereocenters. The average molecular weight is 607 g/mol. The highest BCUT2D eigenvalue weighted by atomic mass is 35.5. The fraction of sp³-hybridized carbons (Fsp3) is 0.406. The van der Waals surface area contributed by atoms with Crippen LogP contribution in [0.25, 0.3) is 28.0 Å². The molecule has 228 valence electrons. The monoisotopic (exact) mass is 606 g/mol. The molecule has 0 aliphatic carbocycles. The smallest absolute Gasteiger partial charge is 0.354 e. The minimum atomic E-state index is -0.516. The molecule has 3 atom stereocenters. The summed E-state index contributed by atoms with van der Waals surface area (Å²) in [5.41, 5.74) is 15.0. The number of nitrogens with one attached hydrogen (secondary N) is 4. The summed E-state index contributed by atoms with van der Waals surface area (Å²) in [5, 5.41) is 15.3. The van der Waals surface area contributed by atoms with Crippen LogP contribution < -0.4 is 27.8 Å². The van der Waals surface area contributed by atoms with Crippen LogP contribution in [0.5, 0.6) is 0 Å². The summed E-state index contributed by atoms with van der Waals surface area (Å²) in [6.45, 7) is 2.83. The van der Waals surface area contributed by atoms with E-state index in [0.29, 0.717) is 40.4 Å². The highest BCUT2D eigenvalue weighted by Crippen LogP contribution is 2.32. The number of rotatable bonds is 10. The van der Waals surface area contributed by atoms with Gasteiger partial charge < -0.3 is 27.1 Å². The molecule has 0 radical (unpaired) electrons. The number of hydrogen-bond donors (Lipinski definition) is 6. The maximum atomic E-state index is 15.1. The zero-order valence-electron chi connectivity index (χ0n) is 24.4. The number of nitrogens with two attached hydrogens (primary N) is 2. The van der Waals surface area contributed by atoms with Crippen molar-refractivity contribution in [3.05, 3.63) is 81.1 Å². The van der Waals surface area contributed by atoms with Crippen molar-refractivity contribution < 1.29 is 4.39 Å². The van der Waals surface area contributed by atoms with Gasteiger partial charge in [-0.2, -0.15) is 4.98 Å². The van der Waals surface area contributed by atoms with Crippen molar-refractivity contribution in [2.75, 3.05) is 13.1 Å². The lowest BCUT2D eigenvalue weighted by Crippen LogP contribution is -2.43. The Labute approximate surface area is 255 Å². The third-order valence-corrected chi connectivity index (χ3v) is 8.36. The van der Waals surface area contributed by atoms with Crippen LogP contribution in [-0.4, -0.2) is 45.5 Å². The zero-order valence-corrected chi connectivity index (χ0v) is 25.2. The first-order chi connectivity index (χ1) is 20.7. The van der Waals surface area contributed by atoms with Crippen molar-refractivity contribution in [3.8, 4) is 16.9 Å². The third-order valence-electron chi connectivity index (χ3n) is 8.08. The van der Waals surface area contributed by atoms with E-state index in [2.05, 4.69) is 20.6 Å². The van der Waals surface area contributed by atoms with Gasteiger partial charge in [0.1, 0.15) is 11.5 Å². The number of aromatic nitrogens is 3. The Bertz CT molecular complexity index is 1630. The molecule has 43 heavy (non-hydrogen) atoms. The molecule has 8 N–H and O–H groups in total. The topological polar surface area (TPSA) is 151 Å². The SMILES string of the molecule is C[C@H](N)CCCc1cc(Cl)c(F)c(-c2cc3cn(-c4ccc([C@@H]5CCCC[C@@H](CNC(=N)CN)N5)cc4)c(=O)nc3[nH]2)c1. The predicted octanol–water partition coefficient (Wildman–Crippen LogP) is 4.94. The molecule has 9 nitrogen and oxygen atoms in total. The van der Waals surface area contributed by atoms with E-state index in [9.17, 15) is 4.79 Å². The Morgan fingerprint density at radius 1 is 1.23 bits per heavy atom. The standard InChI is InChI=1S/C32H40ClFN8O/c1-19(36)5-4-6-20-13-25(30(34)26(33)14-20)28-15-22-18-42(32(43)41-31(22)40-28)24-11-9-21(10-12-24)27-8-3-2-7-23(39-27)17-38-29(37)16-35/h9-15,18-19,23,27,39H,2-8,16-17,35-36H2,1H3,(H2,37,38)(H,40,41,43)/t19-,23-,27-/m0/s1. The summed E-state index contributed by atoms with van der Waals surface area (Å²) < 4.78 is 16.6. The van der Waals surface area contributed by atoms with Crippen LogP contribution in [0.2, 0.25) is 5.02 Å². The van der Waals surface area contributed by atoms with Crippen molar-refractivity contribution in [2.24, 2.45) is 11.5 Å². The number of fused-ring (bicyclic) bond motifs is 1. The van der Waals surface area contributed by atoms with Gasteiger partial charge in [0.2, 0.25) is 0 Å². The maximum absolute atomic E-state index is 15.1. The number of hydrogen-bond acceptors (Lipinski definition) is 6. The molecule has 0 amide bonds. The van der Waals surface area contributed by atoms with Crippen LogP contribution in [0.3, 0.4) is 0 Å². The molecule has 3 heterocycles. The van der Waals surface area contributed by atoms with Crippen molar-refractivity contribution in [1.82, 2.24) is 25.2 Å². The predicted molar refractivity (Wildman–Crippen MR) is 172 cm³/mol. The molecular formula is C32H40ClFN8O. The molecule has 1 fully saturated rings. The number of aryl methyl sites for hydroxylation is 1. The Hall–Kier alpha value is -3.57. The van der Waals surface area contributed by atoms with Gasteiger partial charge in [-0.1, -0.05) is 36.6 Å². The van der Waals surface area contributed by atoms with Gasteiger partial charge in [-0.05, 0) is 80.5 Å². The van der Waals surface area contributed by atoms with Crippen LogP contribution in [0.1, 0.15) is 62.6 Å². The summed E-state index contributed by atoms with van der Waals surface area (Å²) in [6, 6.07) is 13.7. The van der Waals surface area contributed by atoms with Gasteiger partial charge in [0, 0.05) is 41.8 Å². The lowest BCUT2D eigenvalue weighted by atomic mass is 10.0. The fourth-order valence-corrected chi connectivity index (χ4v) is 5.98. The van der Waals surface area contributed by atoms with Crippen LogP contribution >= 0.6 is 11.6 Å². The lowest BCUT2D eigenvalue weighted by molar-refractivity contribution is 0.434. The van der Waals surface area contributed by atoms with Gasteiger partial charge >= 0.3 is 5.69 Å². The molecule has 0 spiro atoms. The number of nitrogens with zero attached hydrogens (tertiary/aromatic N) is 2. The summed E-state index contributed by atoms with van der Waals surface area (Å²) in [7, 11) is 0. The molecule has 1 saturated heterocycles. The van der Waals surface area contributed by atoms with Gasteiger partial charge in [-0.15, -0.1) is 0 Å². The number of aromatic amines is 1. The van der Waals surface area contributed by atoms with Gasteiger partial charge in [0.25, 0.3) is 0 Å². The van der Waals surface area contributed by atoms with Crippen LogP contribution in [0.15, 0.2) is 53.5 Å². The Balaban J connectivity index is 1.36. The lowest BCUT2D eigenvalue weighted by Gasteiger charge is -2.24. The number of halogens is 2. The molecule has 1 aliphatic heterocycles. The molecule has 11 heteroatoms. The third kappa shape index (κ3) is 7.51. The zero-order chi connectivity index (χ0) is 30.5. The van der Waals surface area contributed by atoms with Crippen LogP contribution in [0, 0.1) is 11.2 Å². The molecular weight excluding hydrogens is 567 g/mol. The number of benzene rings is 2. The summed E-state index contributed by atoms with van der Waals surface area (Å²) in [4.78, 5) is 20.4. The highest BCUT2D eigenvalue weighted by molar-refractivity contribution is 6.31. The second-order valence-electron chi connectivity index (χ2n) is 11.5. The van der Waals surface area contributed by atoms with E-state index in [0.717, 1.165) is 56.1 Å². The van der Waals surface area contributed by atoms with E-state index in [1.165, 1.54) is 4.57 Å². The van der Waals surface area contributed by atoms with E-state index >= 15 is 4.39 Å². The highest BCUT2D eigenvalue weighted by Gasteiger charge is 2.21.